The van der Waals surface area contributed by atoms with Crippen LogP contribution >= 0.6 is 23.1 Å². The van der Waals surface area contributed by atoms with Crippen LogP contribution in [0.4, 0.5) is 0 Å². The van der Waals surface area contributed by atoms with Crippen molar-refractivity contribution >= 4 is 40.8 Å². The molecule has 9 heteroatoms. The van der Waals surface area contributed by atoms with Gasteiger partial charge in [-0.1, -0.05) is 6.92 Å². The lowest BCUT2D eigenvalue weighted by Gasteiger charge is -2.17. The van der Waals surface area contributed by atoms with E-state index in [2.05, 4.69) is 20.9 Å². The van der Waals surface area contributed by atoms with Crippen LogP contribution in [0.25, 0.3) is 0 Å². The Bertz CT molecular complexity index is 577. The van der Waals surface area contributed by atoms with Crippen molar-refractivity contribution in [3.8, 4) is 0 Å². The number of aromatic nitrogens is 1. The van der Waals surface area contributed by atoms with Crippen molar-refractivity contribution in [3.05, 3.63) is 16.1 Å². The summed E-state index contributed by atoms with van der Waals surface area (Å²) in [7, 11) is 0. The zero-order valence-corrected chi connectivity index (χ0v) is 16.0. The second-order valence-electron chi connectivity index (χ2n) is 5.32. The summed E-state index contributed by atoms with van der Waals surface area (Å²) in [5.41, 5.74) is 0. The third kappa shape index (κ3) is 6.88. The first-order valence-corrected chi connectivity index (χ1v) is 9.87. The fourth-order valence-corrected chi connectivity index (χ4v) is 3.01. The minimum atomic E-state index is -0.702. The van der Waals surface area contributed by atoms with Gasteiger partial charge in [0.05, 0.1) is 17.7 Å². The summed E-state index contributed by atoms with van der Waals surface area (Å²) in [6, 6.07) is -0.642. The molecule has 0 aromatic carbocycles. The molecule has 1 rings (SSSR count). The average Bonchev–Trinajstić information content (AvgIpc) is 2.98. The number of nitrogens with zero attached hydrogens (tertiary/aromatic N) is 1. The quantitative estimate of drug-likeness (QED) is 0.599. The topological polar surface area (TPSA) is 100 Å². The van der Waals surface area contributed by atoms with E-state index in [1.165, 1.54) is 29.3 Å². The molecule has 0 aliphatic rings. The van der Waals surface area contributed by atoms with Gasteiger partial charge in [-0.2, -0.15) is 11.8 Å². The number of carbonyl (C=O) groups is 3. The highest BCUT2D eigenvalue weighted by atomic mass is 32.2. The molecule has 0 spiro atoms. The number of hydrogen-bond donors (Lipinski definition) is 3. The highest BCUT2D eigenvalue weighted by Crippen LogP contribution is 2.11. The van der Waals surface area contributed by atoms with E-state index in [9.17, 15) is 14.4 Å². The molecule has 24 heavy (non-hydrogen) atoms. The van der Waals surface area contributed by atoms with E-state index in [0.29, 0.717) is 10.6 Å². The smallest absolute Gasteiger partial charge is 0.263 e. The summed E-state index contributed by atoms with van der Waals surface area (Å²) in [5.74, 6) is -0.537. The maximum absolute atomic E-state index is 12.2. The van der Waals surface area contributed by atoms with Gasteiger partial charge in [0.2, 0.25) is 11.8 Å². The van der Waals surface area contributed by atoms with Crippen LogP contribution in [0, 0.1) is 6.92 Å². The summed E-state index contributed by atoms with van der Waals surface area (Å²) in [4.78, 5) is 40.6. The Balaban J connectivity index is 2.55. The molecular weight excluding hydrogens is 348 g/mol. The summed E-state index contributed by atoms with van der Waals surface area (Å²) in [6.45, 7) is 5.56. The van der Waals surface area contributed by atoms with Crippen LogP contribution in [0.3, 0.4) is 0 Å². The monoisotopic (exact) mass is 372 g/mol. The van der Waals surface area contributed by atoms with Gasteiger partial charge in [-0.15, -0.1) is 11.3 Å². The largest absolute Gasteiger partial charge is 0.352 e. The lowest BCUT2D eigenvalue weighted by atomic mass is 10.2. The highest BCUT2D eigenvalue weighted by molar-refractivity contribution is 7.98. The number of rotatable bonds is 9. The molecule has 1 heterocycles. The van der Waals surface area contributed by atoms with Gasteiger partial charge in [0, 0.05) is 11.8 Å². The van der Waals surface area contributed by atoms with Crippen molar-refractivity contribution < 1.29 is 14.4 Å². The molecule has 2 atom stereocenters. The second-order valence-corrected chi connectivity index (χ2v) is 7.46. The number of hydrogen-bond acceptors (Lipinski definition) is 6. The first kappa shape index (κ1) is 20.4. The molecule has 0 aliphatic heterocycles. The fourth-order valence-electron chi connectivity index (χ4n) is 1.76. The van der Waals surface area contributed by atoms with Crippen molar-refractivity contribution in [2.24, 2.45) is 0 Å². The predicted octanol–water partition coefficient (Wildman–Crippen LogP) is 0.944. The van der Waals surface area contributed by atoms with Gasteiger partial charge in [0.15, 0.2) is 0 Å². The molecule has 0 fully saturated rings. The van der Waals surface area contributed by atoms with Gasteiger partial charge in [-0.25, -0.2) is 4.98 Å². The lowest BCUT2D eigenvalue weighted by molar-refractivity contribution is -0.127. The Morgan fingerprint density at radius 1 is 1.33 bits per heavy atom. The zero-order chi connectivity index (χ0) is 18.1. The number of aryl methyl sites for hydroxylation is 1. The maximum atomic E-state index is 12.2. The zero-order valence-electron chi connectivity index (χ0n) is 14.3. The molecule has 0 aliphatic carbocycles. The van der Waals surface area contributed by atoms with Gasteiger partial charge < -0.3 is 16.0 Å². The summed E-state index contributed by atoms with van der Waals surface area (Å²) in [6.07, 6.45) is 4.15. The minimum absolute atomic E-state index is 0.0608. The maximum Gasteiger partial charge on any atom is 0.263 e. The van der Waals surface area contributed by atoms with Crippen molar-refractivity contribution in [2.45, 2.75) is 39.3 Å². The van der Waals surface area contributed by atoms with E-state index in [4.69, 9.17) is 0 Å². The van der Waals surface area contributed by atoms with E-state index in [0.717, 1.165) is 11.4 Å². The summed E-state index contributed by atoms with van der Waals surface area (Å²) in [5, 5.41) is 8.81. The van der Waals surface area contributed by atoms with E-state index in [1.807, 2.05) is 27.0 Å². The third-order valence-electron chi connectivity index (χ3n) is 3.24. The molecule has 1 aromatic heterocycles. The van der Waals surface area contributed by atoms with Crippen LogP contribution in [0.15, 0.2) is 6.20 Å². The van der Waals surface area contributed by atoms with E-state index in [1.54, 1.807) is 0 Å². The standard InChI is InChI=1S/C15H24N4O3S2/c1-5-9(2)18-13(20)7-17-14(21)11(8-23-4)19-15(22)12-6-16-10(3)24-12/h6,9,11H,5,7-8H2,1-4H3,(H,17,21)(H,18,20)(H,19,22)/t9-,11-/m1/s1. The number of nitrogens with one attached hydrogen (secondary N) is 3. The Morgan fingerprint density at radius 3 is 2.58 bits per heavy atom. The fraction of sp³-hybridized carbons (Fsp3) is 0.600. The molecule has 1 aromatic rings. The van der Waals surface area contributed by atoms with E-state index in [-0.39, 0.29) is 30.3 Å². The van der Waals surface area contributed by atoms with Crippen LogP contribution < -0.4 is 16.0 Å². The van der Waals surface area contributed by atoms with Crippen LogP contribution in [0.2, 0.25) is 0 Å². The van der Waals surface area contributed by atoms with E-state index < -0.39 is 6.04 Å². The van der Waals surface area contributed by atoms with Crippen molar-refractivity contribution in [1.82, 2.24) is 20.9 Å². The van der Waals surface area contributed by atoms with Gasteiger partial charge in [-0.3, -0.25) is 14.4 Å². The number of amides is 3. The molecule has 0 bridgehead atoms. The van der Waals surface area contributed by atoms with Crippen LogP contribution in [-0.2, 0) is 9.59 Å². The number of thiazole rings is 1. The molecule has 0 unspecified atom stereocenters. The normalized spacial score (nSPS) is 13.0. The van der Waals surface area contributed by atoms with Crippen LogP contribution in [0.5, 0.6) is 0 Å². The molecular formula is C15H24N4O3S2. The number of thioether (sulfide) groups is 1. The first-order valence-electron chi connectivity index (χ1n) is 7.66. The Kier molecular flexibility index (Phi) is 8.77. The first-order chi connectivity index (χ1) is 11.4. The van der Waals surface area contributed by atoms with Crippen LogP contribution in [-0.4, -0.2) is 53.3 Å². The highest BCUT2D eigenvalue weighted by Gasteiger charge is 2.22. The molecule has 0 saturated carbocycles. The molecule has 7 nitrogen and oxygen atoms in total. The van der Waals surface area contributed by atoms with Gasteiger partial charge in [-0.05, 0) is 26.5 Å². The van der Waals surface area contributed by atoms with Gasteiger partial charge in [0.25, 0.3) is 5.91 Å². The SMILES string of the molecule is CC[C@@H](C)NC(=O)CNC(=O)[C@@H](CSC)NC(=O)c1cnc(C)s1. The summed E-state index contributed by atoms with van der Waals surface area (Å²) < 4.78 is 0. The summed E-state index contributed by atoms with van der Waals surface area (Å²) >= 11 is 2.71. The van der Waals surface area contributed by atoms with Gasteiger partial charge >= 0.3 is 0 Å². The predicted molar refractivity (Wildman–Crippen MR) is 97.4 cm³/mol. The molecule has 3 amide bonds. The van der Waals surface area contributed by atoms with Crippen molar-refractivity contribution in [1.29, 1.82) is 0 Å². The lowest BCUT2D eigenvalue weighted by Crippen LogP contribution is -2.50. The second kappa shape index (κ2) is 10.3. The van der Waals surface area contributed by atoms with Crippen molar-refractivity contribution in [3.63, 3.8) is 0 Å². The Morgan fingerprint density at radius 2 is 2.04 bits per heavy atom. The van der Waals surface area contributed by atoms with Crippen LogP contribution in [0.1, 0.15) is 34.9 Å². The minimum Gasteiger partial charge on any atom is -0.352 e. The molecule has 134 valence electrons. The molecule has 0 radical (unpaired) electrons. The third-order valence-corrected chi connectivity index (χ3v) is 4.82. The van der Waals surface area contributed by atoms with E-state index >= 15 is 0 Å². The number of carbonyl (C=O) groups excluding carboxylic acids is 3. The average molecular weight is 373 g/mol. The molecule has 0 saturated heterocycles. The van der Waals surface area contributed by atoms with Crippen molar-refractivity contribution in [2.75, 3.05) is 18.6 Å². The Hall–Kier alpha value is -1.61. The van der Waals surface area contributed by atoms with Gasteiger partial charge in [0.1, 0.15) is 10.9 Å². The Labute approximate surface area is 150 Å². The molecule has 3 N–H and O–H groups in total.